The molecule has 0 aliphatic heterocycles. The van der Waals surface area contributed by atoms with Crippen LogP contribution in [-0.2, 0) is 9.53 Å². The van der Waals surface area contributed by atoms with Gasteiger partial charge in [-0.3, -0.25) is 4.79 Å². The molecule has 0 radical (unpaired) electrons. The minimum Gasteiger partial charge on any atom is -0.465 e. The zero-order valence-electron chi connectivity index (χ0n) is 21.2. The molecular formula is C28H48O4. The summed E-state index contributed by atoms with van der Waals surface area (Å²) < 4.78 is 5.39. The molecule has 0 amide bonds. The Morgan fingerprint density at radius 3 is 2.50 bits per heavy atom. The molecule has 184 valence electrons. The summed E-state index contributed by atoms with van der Waals surface area (Å²) in [4.78, 5) is 12.2. The Bertz CT molecular complexity index is 676. The van der Waals surface area contributed by atoms with Gasteiger partial charge in [0.05, 0.1) is 18.8 Å². The van der Waals surface area contributed by atoms with Crippen molar-refractivity contribution in [2.75, 3.05) is 6.61 Å². The van der Waals surface area contributed by atoms with Gasteiger partial charge in [-0.15, -0.1) is 0 Å². The van der Waals surface area contributed by atoms with Gasteiger partial charge in [-0.05, 0) is 97.2 Å². The molecule has 32 heavy (non-hydrogen) atoms. The molecule has 4 nitrogen and oxygen atoms in total. The van der Waals surface area contributed by atoms with Crippen molar-refractivity contribution in [2.45, 2.75) is 111 Å². The van der Waals surface area contributed by atoms with E-state index in [4.69, 9.17) is 4.74 Å². The molecule has 4 aliphatic rings. The van der Waals surface area contributed by atoms with E-state index in [0.29, 0.717) is 54.5 Å². The number of carbonyl (C=O) groups excluding carboxylic acids is 1. The molecule has 0 spiro atoms. The second-order valence-electron chi connectivity index (χ2n) is 12.9. The van der Waals surface area contributed by atoms with Crippen molar-refractivity contribution in [2.24, 2.45) is 52.3 Å². The molecule has 0 aromatic heterocycles. The molecule has 4 aliphatic carbocycles. The van der Waals surface area contributed by atoms with Crippen LogP contribution in [-0.4, -0.2) is 35.0 Å². The van der Waals surface area contributed by atoms with Crippen LogP contribution in [0.3, 0.4) is 0 Å². The minimum absolute atomic E-state index is 0.0894. The lowest BCUT2D eigenvalue weighted by molar-refractivity contribution is -0.201. The first kappa shape index (κ1) is 24.5. The van der Waals surface area contributed by atoms with Gasteiger partial charge < -0.3 is 14.9 Å². The van der Waals surface area contributed by atoms with Crippen LogP contribution in [0.4, 0.5) is 0 Å². The quantitative estimate of drug-likeness (QED) is 0.520. The van der Waals surface area contributed by atoms with E-state index < -0.39 is 0 Å². The molecule has 2 N–H and O–H groups in total. The fraction of sp³-hybridized carbons (Fsp3) is 0.964. The van der Waals surface area contributed by atoms with Crippen molar-refractivity contribution in [1.82, 2.24) is 0 Å². The van der Waals surface area contributed by atoms with Crippen molar-refractivity contribution in [3.05, 3.63) is 0 Å². The van der Waals surface area contributed by atoms with Crippen molar-refractivity contribution in [1.29, 1.82) is 0 Å². The standard InChI is InChI=1S/C28H48O4/c1-17(2)16-32-25(31)12-9-18(3)20-10-11-21-26-22(15-24(30)28(20,21)5)27(4)13-7-6-8-19(27)14-23(26)29/h17-24,26,29-30H,6-16H2,1-5H3. The summed E-state index contributed by atoms with van der Waals surface area (Å²) in [6.07, 6.45) is 9.92. The Morgan fingerprint density at radius 2 is 1.78 bits per heavy atom. The Hall–Kier alpha value is -0.610. The molecular weight excluding hydrogens is 400 g/mol. The molecule has 4 saturated carbocycles. The largest absolute Gasteiger partial charge is 0.465 e. The number of aliphatic hydroxyl groups excluding tert-OH is 2. The van der Waals surface area contributed by atoms with E-state index in [9.17, 15) is 15.0 Å². The highest BCUT2D eigenvalue weighted by Gasteiger charge is 2.65. The number of hydrogen-bond acceptors (Lipinski definition) is 4. The highest BCUT2D eigenvalue weighted by atomic mass is 16.5. The first-order valence-electron chi connectivity index (χ1n) is 13.6. The molecule has 4 heteroatoms. The number of rotatable bonds is 6. The van der Waals surface area contributed by atoms with E-state index >= 15 is 0 Å². The molecule has 4 rings (SSSR count). The van der Waals surface area contributed by atoms with Crippen molar-refractivity contribution < 1.29 is 19.7 Å². The lowest BCUT2D eigenvalue weighted by Crippen LogP contribution is -2.61. The maximum atomic E-state index is 12.2. The van der Waals surface area contributed by atoms with Crippen LogP contribution in [0.5, 0.6) is 0 Å². The third-order valence-corrected chi connectivity index (χ3v) is 10.8. The summed E-state index contributed by atoms with van der Waals surface area (Å²) in [6.45, 7) is 11.7. The predicted molar refractivity (Wildman–Crippen MR) is 127 cm³/mol. The second kappa shape index (κ2) is 9.21. The van der Waals surface area contributed by atoms with E-state index in [1.807, 2.05) is 0 Å². The van der Waals surface area contributed by atoms with E-state index in [0.717, 1.165) is 32.1 Å². The molecule has 0 heterocycles. The molecule has 0 saturated heterocycles. The Labute approximate surface area is 195 Å². The van der Waals surface area contributed by atoms with Gasteiger partial charge in [-0.25, -0.2) is 0 Å². The van der Waals surface area contributed by atoms with Crippen LogP contribution >= 0.6 is 0 Å². The van der Waals surface area contributed by atoms with Crippen molar-refractivity contribution in [3.8, 4) is 0 Å². The highest BCUT2D eigenvalue weighted by molar-refractivity contribution is 5.69. The van der Waals surface area contributed by atoms with Crippen LogP contribution in [0.1, 0.15) is 98.8 Å². The number of fused-ring (bicyclic) bond motifs is 5. The third kappa shape index (κ3) is 4.06. The van der Waals surface area contributed by atoms with E-state index in [1.54, 1.807) is 0 Å². The topological polar surface area (TPSA) is 66.8 Å². The minimum atomic E-state index is -0.304. The lowest BCUT2D eigenvalue weighted by Gasteiger charge is -2.63. The number of aliphatic hydroxyl groups is 2. The number of carbonyl (C=O) groups is 1. The van der Waals surface area contributed by atoms with Gasteiger partial charge in [-0.1, -0.05) is 47.5 Å². The summed E-state index contributed by atoms with van der Waals surface area (Å²) in [5.74, 6) is 2.85. The van der Waals surface area contributed by atoms with E-state index in [-0.39, 0.29) is 29.0 Å². The van der Waals surface area contributed by atoms with Crippen LogP contribution in [0.2, 0.25) is 0 Å². The number of esters is 1. The Morgan fingerprint density at radius 1 is 1.03 bits per heavy atom. The van der Waals surface area contributed by atoms with Crippen LogP contribution in [0.25, 0.3) is 0 Å². The van der Waals surface area contributed by atoms with Gasteiger partial charge in [0.25, 0.3) is 0 Å². The Kier molecular flexibility index (Phi) is 7.05. The van der Waals surface area contributed by atoms with Crippen LogP contribution in [0, 0.1) is 52.3 Å². The molecule has 4 fully saturated rings. The summed E-state index contributed by atoms with van der Waals surface area (Å²) in [7, 11) is 0. The maximum absolute atomic E-state index is 12.2. The second-order valence-corrected chi connectivity index (χ2v) is 12.9. The van der Waals surface area contributed by atoms with Crippen LogP contribution < -0.4 is 0 Å². The van der Waals surface area contributed by atoms with Crippen molar-refractivity contribution in [3.63, 3.8) is 0 Å². The van der Waals surface area contributed by atoms with Gasteiger partial charge >= 0.3 is 5.97 Å². The molecule has 0 aromatic carbocycles. The van der Waals surface area contributed by atoms with Gasteiger partial charge in [0.1, 0.15) is 0 Å². The van der Waals surface area contributed by atoms with Gasteiger partial charge in [0, 0.05) is 6.42 Å². The predicted octanol–water partition coefficient (Wildman–Crippen LogP) is 5.59. The third-order valence-electron chi connectivity index (χ3n) is 10.8. The zero-order chi connectivity index (χ0) is 23.3. The smallest absolute Gasteiger partial charge is 0.305 e. The first-order chi connectivity index (χ1) is 15.1. The van der Waals surface area contributed by atoms with Crippen LogP contribution in [0.15, 0.2) is 0 Å². The monoisotopic (exact) mass is 448 g/mol. The summed E-state index contributed by atoms with van der Waals surface area (Å²) >= 11 is 0. The number of ether oxygens (including phenoxy) is 1. The fourth-order valence-electron chi connectivity index (χ4n) is 9.07. The SMILES string of the molecule is CC(C)COC(=O)CCC(C)C1CCC2C3C(O)CC4CCCCC4(C)C3CC(O)C12C. The number of hydrogen-bond donors (Lipinski definition) is 2. The molecule has 0 bridgehead atoms. The van der Waals surface area contributed by atoms with Gasteiger partial charge in [0.2, 0.25) is 0 Å². The average Bonchev–Trinajstić information content (AvgIpc) is 3.10. The average molecular weight is 449 g/mol. The Balaban J connectivity index is 1.48. The lowest BCUT2D eigenvalue weighted by atomic mass is 9.43. The van der Waals surface area contributed by atoms with Crippen molar-refractivity contribution >= 4 is 5.97 Å². The first-order valence-corrected chi connectivity index (χ1v) is 13.6. The van der Waals surface area contributed by atoms with Gasteiger partial charge in [0.15, 0.2) is 0 Å². The normalized spacial score (nSPS) is 46.8. The highest BCUT2D eigenvalue weighted by Crippen LogP contribution is 2.68. The molecule has 10 unspecified atom stereocenters. The fourth-order valence-corrected chi connectivity index (χ4v) is 9.07. The molecule has 0 aromatic rings. The van der Waals surface area contributed by atoms with E-state index in [1.165, 1.54) is 25.7 Å². The van der Waals surface area contributed by atoms with Gasteiger partial charge in [-0.2, -0.15) is 0 Å². The zero-order valence-corrected chi connectivity index (χ0v) is 21.2. The summed E-state index contributed by atoms with van der Waals surface area (Å²) in [6, 6.07) is 0. The van der Waals surface area contributed by atoms with E-state index in [2.05, 4.69) is 34.6 Å². The summed E-state index contributed by atoms with van der Waals surface area (Å²) in [5.41, 5.74) is 0.135. The summed E-state index contributed by atoms with van der Waals surface area (Å²) in [5, 5.41) is 23.0. The maximum Gasteiger partial charge on any atom is 0.305 e. The molecule has 10 atom stereocenters.